The van der Waals surface area contributed by atoms with Gasteiger partial charge < -0.3 is 24.9 Å². The van der Waals surface area contributed by atoms with E-state index in [-0.39, 0.29) is 12.7 Å². The molecule has 0 spiro atoms. The Balaban J connectivity index is 2.16. The van der Waals surface area contributed by atoms with Crippen LogP contribution in [0, 0.1) is 0 Å². The van der Waals surface area contributed by atoms with E-state index >= 15 is 0 Å². The summed E-state index contributed by atoms with van der Waals surface area (Å²) in [7, 11) is 0. The molecular weight excluding hydrogens is 262 g/mol. The van der Waals surface area contributed by atoms with Crippen molar-refractivity contribution < 1.29 is 14.6 Å². The first kappa shape index (κ1) is 14.9. The predicted octanol–water partition coefficient (Wildman–Crippen LogP) is -0.504. The van der Waals surface area contributed by atoms with Crippen molar-refractivity contribution in [3.8, 4) is 0 Å². The quantitative estimate of drug-likeness (QED) is 0.474. The number of rotatable bonds is 6. The molecule has 0 saturated carbocycles. The van der Waals surface area contributed by atoms with Crippen LogP contribution in [-0.4, -0.2) is 54.1 Å². The van der Waals surface area contributed by atoms with Crippen LogP contribution >= 0.6 is 0 Å². The molecule has 0 radical (unpaired) electrons. The standard InChI is InChI=1S/C12H21N5O3/c1-2-19-8-11-14-10(16-13)5-12(15-11)17-3-4-20-9(6-17)7-18/h5,9,18H,2-4,6-8,13H2,1H3,(H,14,15,16). The van der Waals surface area contributed by atoms with Crippen molar-refractivity contribution in [2.45, 2.75) is 19.6 Å². The lowest BCUT2D eigenvalue weighted by Gasteiger charge is -2.33. The van der Waals surface area contributed by atoms with Crippen LogP contribution in [-0.2, 0) is 16.1 Å². The number of anilines is 2. The third kappa shape index (κ3) is 3.76. The Labute approximate surface area is 117 Å². The van der Waals surface area contributed by atoms with E-state index in [9.17, 15) is 5.11 Å². The molecule has 20 heavy (non-hydrogen) atoms. The lowest BCUT2D eigenvalue weighted by Crippen LogP contribution is -2.44. The van der Waals surface area contributed by atoms with E-state index in [1.165, 1.54) is 0 Å². The maximum absolute atomic E-state index is 9.19. The van der Waals surface area contributed by atoms with Crippen molar-refractivity contribution >= 4 is 11.6 Å². The highest BCUT2D eigenvalue weighted by Crippen LogP contribution is 2.18. The second-order valence-corrected chi connectivity index (χ2v) is 4.43. The Kier molecular flexibility index (Phi) is 5.48. The minimum atomic E-state index is -0.191. The minimum absolute atomic E-state index is 0.00458. The third-order valence-electron chi connectivity index (χ3n) is 3.01. The van der Waals surface area contributed by atoms with Gasteiger partial charge in [-0.05, 0) is 6.92 Å². The lowest BCUT2D eigenvalue weighted by atomic mass is 10.3. The molecule has 4 N–H and O–H groups in total. The normalized spacial score (nSPS) is 19.1. The van der Waals surface area contributed by atoms with Gasteiger partial charge in [-0.15, -0.1) is 0 Å². The van der Waals surface area contributed by atoms with Gasteiger partial charge in [-0.3, -0.25) is 0 Å². The number of aliphatic hydroxyl groups excluding tert-OH is 1. The summed E-state index contributed by atoms with van der Waals surface area (Å²) in [5, 5.41) is 9.19. The van der Waals surface area contributed by atoms with Gasteiger partial charge in [0.1, 0.15) is 18.2 Å². The molecule has 1 aliphatic rings. The number of ether oxygens (including phenoxy) is 2. The Morgan fingerprint density at radius 3 is 3.15 bits per heavy atom. The van der Waals surface area contributed by atoms with Crippen LogP contribution in [0.3, 0.4) is 0 Å². The monoisotopic (exact) mass is 283 g/mol. The highest BCUT2D eigenvalue weighted by atomic mass is 16.5. The number of nitrogens with one attached hydrogen (secondary N) is 1. The number of hydrogen-bond acceptors (Lipinski definition) is 8. The van der Waals surface area contributed by atoms with Gasteiger partial charge in [-0.25, -0.2) is 15.8 Å². The second kappa shape index (κ2) is 7.34. The van der Waals surface area contributed by atoms with Crippen LogP contribution < -0.4 is 16.2 Å². The second-order valence-electron chi connectivity index (χ2n) is 4.43. The third-order valence-corrected chi connectivity index (χ3v) is 3.01. The number of nitrogen functional groups attached to an aromatic ring is 1. The average molecular weight is 283 g/mol. The molecule has 1 aliphatic heterocycles. The summed E-state index contributed by atoms with van der Waals surface area (Å²) in [5.74, 6) is 7.30. The number of nitrogens with zero attached hydrogens (tertiary/aromatic N) is 3. The van der Waals surface area contributed by atoms with Crippen molar-refractivity contribution in [2.75, 3.05) is 43.2 Å². The molecule has 2 heterocycles. The zero-order chi connectivity index (χ0) is 14.4. The summed E-state index contributed by atoms with van der Waals surface area (Å²) < 4.78 is 10.8. The predicted molar refractivity (Wildman–Crippen MR) is 74.2 cm³/mol. The van der Waals surface area contributed by atoms with Crippen LogP contribution in [0.5, 0.6) is 0 Å². The van der Waals surface area contributed by atoms with Gasteiger partial charge in [0.05, 0.1) is 19.3 Å². The molecule has 1 fully saturated rings. The SMILES string of the molecule is CCOCc1nc(NN)cc(N2CCOC(CO)C2)n1. The Morgan fingerprint density at radius 2 is 2.45 bits per heavy atom. The van der Waals surface area contributed by atoms with Crippen LogP contribution in [0.4, 0.5) is 11.6 Å². The number of aliphatic hydroxyl groups is 1. The van der Waals surface area contributed by atoms with Gasteiger partial charge >= 0.3 is 0 Å². The van der Waals surface area contributed by atoms with Gasteiger partial charge in [0.2, 0.25) is 0 Å². The summed E-state index contributed by atoms with van der Waals surface area (Å²) >= 11 is 0. The van der Waals surface area contributed by atoms with E-state index in [4.69, 9.17) is 15.3 Å². The summed E-state index contributed by atoms with van der Waals surface area (Å²) in [4.78, 5) is 10.8. The zero-order valence-corrected chi connectivity index (χ0v) is 11.6. The Bertz CT molecular complexity index is 432. The Hall–Kier alpha value is -1.48. The number of hydrazine groups is 1. The fourth-order valence-electron chi connectivity index (χ4n) is 2.01. The largest absolute Gasteiger partial charge is 0.394 e. The first-order chi connectivity index (χ1) is 9.76. The highest BCUT2D eigenvalue weighted by Gasteiger charge is 2.21. The zero-order valence-electron chi connectivity index (χ0n) is 11.6. The average Bonchev–Trinajstić information content (AvgIpc) is 2.52. The van der Waals surface area contributed by atoms with Gasteiger partial charge in [0.25, 0.3) is 0 Å². The molecule has 0 amide bonds. The van der Waals surface area contributed by atoms with Crippen molar-refractivity contribution in [2.24, 2.45) is 5.84 Å². The minimum Gasteiger partial charge on any atom is -0.394 e. The molecule has 1 atom stereocenters. The van der Waals surface area contributed by atoms with Crippen LogP contribution in [0.15, 0.2) is 6.07 Å². The highest BCUT2D eigenvalue weighted by molar-refractivity contribution is 5.49. The molecule has 8 heteroatoms. The number of nitrogens with two attached hydrogens (primary N) is 1. The molecule has 1 saturated heterocycles. The maximum Gasteiger partial charge on any atom is 0.158 e. The summed E-state index contributed by atoms with van der Waals surface area (Å²) in [6.07, 6.45) is -0.191. The molecule has 2 rings (SSSR count). The van der Waals surface area contributed by atoms with Crippen LogP contribution in [0.25, 0.3) is 0 Å². The van der Waals surface area contributed by atoms with Crippen LogP contribution in [0.1, 0.15) is 12.7 Å². The van der Waals surface area contributed by atoms with E-state index < -0.39 is 0 Å². The number of hydrogen-bond donors (Lipinski definition) is 3. The van der Waals surface area contributed by atoms with Gasteiger partial charge in [0.15, 0.2) is 5.82 Å². The van der Waals surface area contributed by atoms with Crippen molar-refractivity contribution in [1.29, 1.82) is 0 Å². The molecule has 8 nitrogen and oxygen atoms in total. The number of aromatic nitrogens is 2. The van der Waals surface area contributed by atoms with Crippen LogP contribution in [0.2, 0.25) is 0 Å². The van der Waals surface area contributed by atoms with E-state index in [0.29, 0.717) is 44.6 Å². The molecule has 1 unspecified atom stereocenters. The lowest BCUT2D eigenvalue weighted by molar-refractivity contribution is 0.00333. The van der Waals surface area contributed by atoms with Gasteiger partial charge in [-0.1, -0.05) is 0 Å². The molecule has 0 aliphatic carbocycles. The molecule has 1 aromatic heterocycles. The van der Waals surface area contributed by atoms with Crippen molar-refractivity contribution in [1.82, 2.24) is 9.97 Å². The maximum atomic E-state index is 9.19. The van der Waals surface area contributed by atoms with E-state index in [2.05, 4.69) is 15.4 Å². The van der Waals surface area contributed by atoms with Crippen molar-refractivity contribution in [3.05, 3.63) is 11.9 Å². The van der Waals surface area contributed by atoms with E-state index in [1.54, 1.807) is 6.07 Å². The summed E-state index contributed by atoms with van der Waals surface area (Å²) in [6.45, 7) is 4.71. The first-order valence-electron chi connectivity index (χ1n) is 6.66. The Morgan fingerprint density at radius 1 is 1.60 bits per heavy atom. The molecular formula is C12H21N5O3. The fraction of sp³-hybridized carbons (Fsp3) is 0.667. The van der Waals surface area contributed by atoms with Gasteiger partial charge in [0, 0.05) is 25.8 Å². The fourth-order valence-corrected chi connectivity index (χ4v) is 2.01. The summed E-state index contributed by atoms with van der Waals surface area (Å²) in [6, 6.07) is 1.77. The van der Waals surface area contributed by atoms with Crippen molar-refractivity contribution in [3.63, 3.8) is 0 Å². The number of morpholine rings is 1. The van der Waals surface area contributed by atoms with E-state index in [1.807, 2.05) is 11.8 Å². The van der Waals surface area contributed by atoms with E-state index in [0.717, 1.165) is 5.82 Å². The topological polar surface area (TPSA) is 106 Å². The molecule has 0 bridgehead atoms. The molecule has 112 valence electrons. The molecule has 1 aromatic rings. The molecule has 0 aromatic carbocycles. The smallest absolute Gasteiger partial charge is 0.158 e. The first-order valence-corrected chi connectivity index (χ1v) is 6.66. The van der Waals surface area contributed by atoms with Gasteiger partial charge in [-0.2, -0.15) is 0 Å². The summed E-state index contributed by atoms with van der Waals surface area (Å²) in [5.41, 5.74) is 2.53.